The number of hydrogen-bond donors (Lipinski definition) is 1. The summed E-state index contributed by atoms with van der Waals surface area (Å²) in [4.78, 5) is 4.09. The van der Waals surface area contributed by atoms with Crippen molar-refractivity contribution >= 4 is 21.9 Å². The molecule has 0 fully saturated rings. The Morgan fingerprint density at radius 3 is 2.76 bits per heavy atom. The van der Waals surface area contributed by atoms with Crippen molar-refractivity contribution < 1.29 is 8.81 Å². The Hall–Kier alpha value is -1.36. The highest BCUT2D eigenvalue weighted by Gasteiger charge is 2.19. The number of rotatable bonds is 2. The summed E-state index contributed by atoms with van der Waals surface area (Å²) in [5.41, 5.74) is 6.56. The van der Waals surface area contributed by atoms with Crippen LogP contribution in [0.3, 0.4) is 0 Å². The second-order valence-electron chi connectivity index (χ2n) is 4.05. The van der Waals surface area contributed by atoms with Crippen LogP contribution in [-0.2, 0) is 0 Å². The Bertz CT molecular complexity index is 551. The molecular formula is C12H12BrFN2O. The van der Waals surface area contributed by atoms with E-state index < -0.39 is 0 Å². The van der Waals surface area contributed by atoms with Gasteiger partial charge >= 0.3 is 0 Å². The van der Waals surface area contributed by atoms with Gasteiger partial charge in [-0.2, -0.15) is 4.98 Å². The molecule has 2 N–H and O–H groups in total. The Morgan fingerprint density at radius 2 is 2.12 bits per heavy atom. The van der Waals surface area contributed by atoms with Gasteiger partial charge < -0.3 is 10.2 Å². The third-order valence-electron chi connectivity index (χ3n) is 2.39. The highest BCUT2D eigenvalue weighted by atomic mass is 79.9. The summed E-state index contributed by atoms with van der Waals surface area (Å²) in [5, 5.41) is 0. The molecule has 1 heterocycles. The molecule has 0 saturated carbocycles. The predicted octanol–water partition coefficient (Wildman–Crippen LogP) is 3.95. The van der Waals surface area contributed by atoms with E-state index in [0.29, 0.717) is 17.0 Å². The number of halogens is 2. The molecule has 17 heavy (non-hydrogen) atoms. The quantitative estimate of drug-likeness (QED) is 0.913. The summed E-state index contributed by atoms with van der Waals surface area (Å²) in [7, 11) is 0. The number of aromatic nitrogens is 1. The fourth-order valence-electron chi connectivity index (χ4n) is 1.60. The second-order valence-corrected chi connectivity index (χ2v) is 4.96. The number of anilines is 1. The Labute approximate surface area is 107 Å². The van der Waals surface area contributed by atoms with Crippen molar-refractivity contribution in [2.75, 3.05) is 5.73 Å². The summed E-state index contributed by atoms with van der Waals surface area (Å²) in [5.74, 6) is 0.159. The van der Waals surface area contributed by atoms with E-state index in [2.05, 4.69) is 20.9 Å². The highest BCUT2D eigenvalue weighted by molar-refractivity contribution is 9.10. The van der Waals surface area contributed by atoms with E-state index in [0.717, 1.165) is 4.47 Å². The van der Waals surface area contributed by atoms with E-state index in [1.807, 2.05) is 13.8 Å². The van der Waals surface area contributed by atoms with Crippen molar-refractivity contribution in [2.45, 2.75) is 19.8 Å². The molecule has 0 aliphatic carbocycles. The van der Waals surface area contributed by atoms with Crippen molar-refractivity contribution in [3.05, 3.63) is 34.2 Å². The lowest BCUT2D eigenvalue weighted by atomic mass is 10.0. The summed E-state index contributed by atoms with van der Waals surface area (Å²) in [6, 6.07) is 4.72. The van der Waals surface area contributed by atoms with Crippen molar-refractivity contribution in [1.82, 2.24) is 4.98 Å². The first-order valence-electron chi connectivity index (χ1n) is 5.20. The molecule has 0 unspecified atom stereocenters. The lowest BCUT2D eigenvalue weighted by molar-refractivity contribution is 0.577. The number of nitrogen functional groups attached to an aromatic ring is 1. The Morgan fingerprint density at radius 1 is 1.41 bits per heavy atom. The first-order valence-corrected chi connectivity index (χ1v) is 6.00. The fourth-order valence-corrected chi connectivity index (χ4v) is 1.97. The van der Waals surface area contributed by atoms with Gasteiger partial charge in [0.05, 0.1) is 11.3 Å². The van der Waals surface area contributed by atoms with Crippen LogP contribution in [0.4, 0.5) is 10.4 Å². The van der Waals surface area contributed by atoms with E-state index in [1.165, 1.54) is 6.07 Å². The van der Waals surface area contributed by atoms with Crippen LogP contribution in [0.25, 0.3) is 11.3 Å². The maximum atomic E-state index is 13.8. The minimum absolute atomic E-state index is 0.0584. The van der Waals surface area contributed by atoms with Gasteiger partial charge in [0, 0.05) is 4.47 Å². The summed E-state index contributed by atoms with van der Waals surface area (Å²) >= 11 is 3.30. The molecule has 90 valence electrons. The van der Waals surface area contributed by atoms with Crippen LogP contribution in [0.2, 0.25) is 0 Å². The normalized spacial score (nSPS) is 11.1. The average molecular weight is 299 g/mol. The third-order valence-corrected chi connectivity index (χ3v) is 2.88. The zero-order valence-electron chi connectivity index (χ0n) is 9.50. The zero-order valence-corrected chi connectivity index (χ0v) is 11.1. The fraction of sp³-hybridized carbons (Fsp3) is 0.250. The Kier molecular flexibility index (Phi) is 3.19. The maximum absolute atomic E-state index is 13.8. The Balaban J connectivity index is 2.63. The van der Waals surface area contributed by atoms with Gasteiger partial charge in [0.25, 0.3) is 6.01 Å². The van der Waals surface area contributed by atoms with Crippen LogP contribution >= 0.6 is 15.9 Å². The van der Waals surface area contributed by atoms with Gasteiger partial charge in [-0.05, 0) is 24.1 Å². The molecule has 0 aliphatic heterocycles. The summed E-state index contributed by atoms with van der Waals surface area (Å²) in [6.45, 7) is 3.91. The minimum Gasteiger partial charge on any atom is -0.423 e. The zero-order chi connectivity index (χ0) is 12.6. The highest BCUT2D eigenvalue weighted by Crippen LogP contribution is 2.33. The van der Waals surface area contributed by atoms with Gasteiger partial charge in [-0.15, -0.1) is 0 Å². The lowest BCUT2D eigenvalue weighted by Crippen LogP contribution is -1.93. The molecule has 0 amide bonds. The summed E-state index contributed by atoms with van der Waals surface area (Å²) < 4.78 is 19.8. The topological polar surface area (TPSA) is 52.0 Å². The van der Waals surface area contributed by atoms with E-state index in [9.17, 15) is 4.39 Å². The van der Waals surface area contributed by atoms with Crippen LogP contribution in [0.15, 0.2) is 27.1 Å². The molecule has 5 heteroatoms. The molecule has 0 atom stereocenters. The van der Waals surface area contributed by atoms with Crippen molar-refractivity contribution in [3.63, 3.8) is 0 Å². The van der Waals surface area contributed by atoms with Gasteiger partial charge in [0.2, 0.25) is 0 Å². The molecule has 2 rings (SSSR count). The summed E-state index contributed by atoms with van der Waals surface area (Å²) in [6.07, 6.45) is 0. The van der Waals surface area contributed by atoms with Crippen LogP contribution in [0, 0.1) is 5.82 Å². The molecule has 1 aromatic heterocycles. The van der Waals surface area contributed by atoms with Gasteiger partial charge in [-0.1, -0.05) is 29.8 Å². The molecule has 1 aromatic carbocycles. The van der Waals surface area contributed by atoms with Crippen molar-refractivity contribution in [3.8, 4) is 11.3 Å². The van der Waals surface area contributed by atoms with E-state index in [1.54, 1.807) is 12.1 Å². The van der Waals surface area contributed by atoms with Gasteiger partial charge in [0.1, 0.15) is 5.82 Å². The minimum atomic E-state index is -0.355. The predicted molar refractivity (Wildman–Crippen MR) is 68.1 cm³/mol. The number of nitrogens with zero attached hydrogens (tertiary/aromatic N) is 1. The molecular weight excluding hydrogens is 287 g/mol. The largest absolute Gasteiger partial charge is 0.423 e. The van der Waals surface area contributed by atoms with Crippen LogP contribution in [0.5, 0.6) is 0 Å². The molecule has 0 radical (unpaired) electrons. The SMILES string of the molecule is CC(C)c1nc(N)oc1-c1cc(Br)ccc1F. The number of nitrogens with two attached hydrogens (primary N) is 1. The van der Waals surface area contributed by atoms with Crippen molar-refractivity contribution in [2.24, 2.45) is 0 Å². The lowest BCUT2D eigenvalue weighted by Gasteiger charge is -2.05. The molecule has 3 nitrogen and oxygen atoms in total. The van der Waals surface area contributed by atoms with Crippen LogP contribution < -0.4 is 5.73 Å². The third kappa shape index (κ3) is 2.34. The van der Waals surface area contributed by atoms with Gasteiger partial charge in [0.15, 0.2) is 5.76 Å². The molecule has 0 saturated heterocycles. The van der Waals surface area contributed by atoms with E-state index in [4.69, 9.17) is 10.2 Å². The van der Waals surface area contributed by atoms with Gasteiger partial charge in [-0.25, -0.2) is 4.39 Å². The monoisotopic (exact) mass is 298 g/mol. The first kappa shape index (κ1) is 12.1. The van der Waals surface area contributed by atoms with E-state index in [-0.39, 0.29) is 17.7 Å². The van der Waals surface area contributed by atoms with Crippen molar-refractivity contribution in [1.29, 1.82) is 0 Å². The molecule has 0 spiro atoms. The number of benzene rings is 1. The smallest absolute Gasteiger partial charge is 0.292 e. The molecule has 0 aliphatic rings. The first-order chi connectivity index (χ1) is 7.99. The second kappa shape index (κ2) is 4.49. The average Bonchev–Trinajstić information content (AvgIpc) is 2.64. The number of oxazole rings is 1. The van der Waals surface area contributed by atoms with E-state index >= 15 is 0 Å². The molecule has 0 bridgehead atoms. The van der Waals surface area contributed by atoms with Crippen LogP contribution in [-0.4, -0.2) is 4.98 Å². The number of hydrogen-bond acceptors (Lipinski definition) is 3. The standard InChI is InChI=1S/C12H12BrFN2O/c1-6(2)10-11(17-12(15)16-10)8-5-7(13)3-4-9(8)14/h3-6H,1-2H3,(H2,15,16). The maximum Gasteiger partial charge on any atom is 0.292 e. The molecule has 2 aromatic rings. The van der Waals surface area contributed by atoms with Gasteiger partial charge in [-0.3, -0.25) is 0 Å². The van der Waals surface area contributed by atoms with Crippen LogP contribution in [0.1, 0.15) is 25.5 Å².